The highest BCUT2D eigenvalue weighted by atomic mass is 19.1. The summed E-state index contributed by atoms with van der Waals surface area (Å²) in [5.74, 6) is -0.244. The zero-order valence-corrected chi connectivity index (χ0v) is 12.8. The molecule has 0 fully saturated rings. The molecule has 3 nitrogen and oxygen atoms in total. The number of benzene rings is 2. The summed E-state index contributed by atoms with van der Waals surface area (Å²) in [6.07, 6.45) is 7.30. The number of hydrogen-bond acceptors (Lipinski definition) is 2. The number of H-pyrrole nitrogens is 1. The third kappa shape index (κ3) is 2.82. The summed E-state index contributed by atoms with van der Waals surface area (Å²) in [4.78, 5) is 4.04. The fourth-order valence-corrected chi connectivity index (χ4v) is 2.68. The first-order valence-electron chi connectivity index (χ1n) is 7.62. The first-order valence-corrected chi connectivity index (χ1v) is 7.62. The SMILES string of the molecule is Fc1cccc(/C=C/c2n[nH]c3cc(-c4ccncc4)ccc23)c1. The minimum atomic E-state index is -0.244. The van der Waals surface area contributed by atoms with Gasteiger partial charge in [-0.15, -0.1) is 0 Å². The van der Waals surface area contributed by atoms with Crippen LogP contribution in [0, 0.1) is 5.82 Å². The number of fused-ring (bicyclic) bond motifs is 1. The first-order chi connectivity index (χ1) is 11.8. The standard InChI is InChI=1S/C20H14FN3/c21-17-3-1-2-14(12-17)4-7-19-18-6-5-16(13-20(18)24-23-19)15-8-10-22-11-9-15/h1-13H,(H,23,24)/b7-4+. The van der Waals surface area contributed by atoms with Gasteiger partial charge in [-0.3, -0.25) is 10.1 Å². The lowest BCUT2D eigenvalue weighted by Crippen LogP contribution is -1.79. The lowest BCUT2D eigenvalue weighted by atomic mass is 10.0. The van der Waals surface area contributed by atoms with Gasteiger partial charge in [-0.05, 0) is 59.2 Å². The fourth-order valence-electron chi connectivity index (χ4n) is 2.68. The van der Waals surface area contributed by atoms with E-state index in [9.17, 15) is 4.39 Å². The van der Waals surface area contributed by atoms with Crippen LogP contribution in [-0.4, -0.2) is 15.2 Å². The fraction of sp³-hybridized carbons (Fsp3) is 0. The van der Waals surface area contributed by atoms with Gasteiger partial charge in [0.05, 0.1) is 11.2 Å². The van der Waals surface area contributed by atoms with Gasteiger partial charge in [0.25, 0.3) is 0 Å². The maximum absolute atomic E-state index is 13.2. The Kier molecular flexibility index (Phi) is 3.63. The highest BCUT2D eigenvalue weighted by molar-refractivity contribution is 5.92. The molecule has 0 radical (unpaired) electrons. The van der Waals surface area contributed by atoms with Crippen LogP contribution in [0.5, 0.6) is 0 Å². The third-order valence-electron chi connectivity index (χ3n) is 3.89. The molecule has 0 bridgehead atoms. The van der Waals surface area contributed by atoms with E-state index in [1.54, 1.807) is 18.5 Å². The quantitative estimate of drug-likeness (QED) is 0.582. The van der Waals surface area contributed by atoms with E-state index in [1.165, 1.54) is 12.1 Å². The van der Waals surface area contributed by atoms with Crippen molar-refractivity contribution >= 4 is 23.1 Å². The highest BCUT2D eigenvalue weighted by Crippen LogP contribution is 2.25. The molecule has 0 saturated heterocycles. The molecule has 116 valence electrons. The molecule has 0 unspecified atom stereocenters. The zero-order chi connectivity index (χ0) is 16.4. The molecule has 2 heterocycles. The van der Waals surface area contributed by atoms with Crippen molar-refractivity contribution in [3.8, 4) is 11.1 Å². The number of halogens is 1. The number of aromatic nitrogens is 3. The summed E-state index contributed by atoms with van der Waals surface area (Å²) >= 11 is 0. The van der Waals surface area contributed by atoms with Crippen molar-refractivity contribution in [3.05, 3.63) is 84.1 Å². The molecule has 0 aliphatic rings. The minimum Gasteiger partial charge on any atom is -0.277 e. The monoisotopic (exact) mass is 315 g/mol. The van der Waals surface area contributed by atoms with Gasteiger partial charge in [-0.2, -0.15) is 5.10 Å². The lowest BCUT2D eigenvalue weighted by molar-refractivity contribution is 0.627. The second kappa shape index (κ2) is 6.08. The Bertz CT molecular complexity index is 1020. The van der Waals surface area contributed by atoms with Crippen LogP contribution in [0.4, 0.5) is 4.39 Å². The first kappa shape index (κ1) is 14.3. The molecular formula is C20H14FN3. The second-order valence-electron chi connectivity index (χ2n) is 5.49. The maximum atomic E-state index is 13.2. The molecule has 4 aromatic rings. The van der Waals surface area contributed by atoms with E-state index in [-0.39, 0.29) is 5.82 Å². The highest BCUT2D eigenvalue weighted by Gasteiger charge is 2.05. The summed E-state index contributed by atoms with van der Waals surface area (Å²) in [6, 6.07) is 16.6. The van der Waals surface area contributed by atoms with E-state index in [0.29, 0.717) is 0 Å². The molecule has 0 saturated carbocycles. The zero-order valence-electron chi connectivity index (χ0n) is 12.8. The number of rotatable bonds is 3. The van der Waals surface area contributed by atoms with E-state index in [4.69, 9.17) is 0 Å². The van der Waals surface area contributed by atoms with E-state index in [1.807, 2.05) is 36.4 Å². The topological polar surface area (TPSA) is 41.6 Å². The molecular weight excluding hydrogens is 301 g/mol. The van der Waals surface area contributed by atoms with Crippen molar-refractivity contribution in [2.75, 3.05) is 0 Å². The molecule has 0 aliphatic heterocycles. The summed E-state index contributed by atoms with van der Waals surface area (Å²) < 4.78 is 13.2. The number of nitrogens with one attached hydrogen (secondary N) is 1. The van der Waals surface area contributed by atoms with Crippen LogP contribution in [0.15, 0.2) is 67.0 Å². The summed E-state index contributed by atoms with van der Waals surface area (Å²) in [7, 11) is 0. The van der Waals surface area contributed by atoms with Gasteiger partial charge in [-0.1, -0.05) is 24.3 Å². The molecule has 0 aliphatic carbocycles. The third-order valence-corrected chi connectivity index (χ3v) is 3.89. The van der Waals surface area contributed by atoms with E-state index in [2.05, 4.69) is 27.3 Å². The van der Waals surface area contributed by atoms with Gasteiger partial charge in [0.2, 0.25) is 0 Å². The van der Waals surface area contributed by atoms with Crippen LogP contribution in [0.3, 0.4) is 0 Å². The van der Waals surface area contributed by atoms with E-state index in [0.717, 1.165) is 33.3 Å². The van der Waals surface area contributed by atoms with Crippen molar-refractivity contribution in [1.29, 1.82) is 0 Å². The number of nitrogens with zero attached hydrogens (tertiary/aromatic N) is 2. The van der Waals surface area contributed by atoms with Gasteiger partial charge in [0, 0.05) is 17.8 Å². The van der Waals surface area contributed by atoms with Crippen molar-refractivity contribution in [1.82, 2.24) is 15.2 Å². The van der Waals surface area contributed by atoms with Crippen LogP contribution < -0.4 is 0 Å². The maximum Gasteiger partial charge on any atom is 0.123 e. The second-order valence-corrected chi connectivity index (χ2v) is 5.49. The Morgan fingerprint density at radius 1 is 0.875 bits per heavy atom. The molecule has 0 spiro atoms. The van der Waals surface area contributed by atoms with Gasteiger partial charge < -0.3 is 0 Å². The average Bonchev–Trinajstić information content (AvgIpc) is 3.03. The van der Waals surface area contributed by atoms with Crippen LogP contribution >= 0.6 is 0 Å². The lowest BCUT2D eigenvalue weighted by Gasteiger charge is -2.01. The predicted octanol–water partition coefficient (Wildman–Crippen LogP) is 4.93. The normalized spacial score (nSPS) is 11.4. The minimum absolute atomic E-state index is 0.244. The Morgan fingerprint density at radius 2 is 1.75 bits per heavy atom. The molecule has 2 aromatic carbocycles. The molecule has 4 heteroatoms. The number of aromatic amines is 1. The average molecular weight is 315 g/mol. The van der Waals surface area contributed by atoms with E-state index >= 15 is 0 Å². The van der Waals surface area contributed by atoms with Gasteiger partial charge in [0.15, 0.2) is 0 Å². The summed E-state index contributed by atoms with van der Waals surface area (Å²) in [6.45, 7) is 0. The van der Waals surface area contributed by atoms with Crippen molar-refractivity contribution in [2.45, 2.75) is 0 Å². The largest absolute Gasteiger partial charge is 0.277 e. The van der Waals surface area contributed by atoms with Gasteiger partial charge in [0.1, 0.15) is 5.82 Å². The Morgan fingerprint density at radius 3 is 2.58 bits per heavy atom. The van der Waals surface area contributed by atoms with Crippen LogP contribution in [0.1, 0.15) is 11.3 Å². The number of hydrogen-bond donors (Lipinski definition) is 1. The van der Waals surface area contributed by atoms with E-state index < -0.39 is 0 Å². The van der Waals surface area contributed by atoms with Gasteiger partial charge >= 0.3 is 0 Å². The number of pyridine rings is 1. The van der Waals surface area contributed by atoms with Crippen molar-refractivity contribution in [2.24, 2.45) is 0 Å². The predicted molar refractivity (Wildman–Crippen MR) is 94.7 cm³/mol. The molecule has 2 aromatic heterocycles. The molecule has 0 atom stereocenters. The van der Waals surface area contributed by atoms with Crippen molar-refractivity contribution in [3.63, 3.8) is 0 Å². The smallest absolute Gasteiger partial charge is 0.123 e. The molecule has 24 heavy (non-hydrogen) atoms. The Hall–Kier alpha value is -3.27. The molecule has 4 rings (SSSR count). The summed E-state index contributed by atoms with van der Waals surface area (Å²) in [5, 5.41) is 8.43. The van der Waals surface area contributed by atoms with Crippen LogP contribution in [-0.2, 0) is 0 Å². The van der Waals surface area contributed by atoms with Crippen LogP contribution in [0.2, 0.25) is 0 Å². The Balaban J connectivity index is 1.68. The van der Waals surface area contributed by atoms with Crippen molar-refractivity contribution < 1.29 is 4.39 Å². The van der Waals surface area contributed by atoms with Gasteiger partial charge in [-0.25, -0.2) is 4.39 Å². The molecule has 1 N–H and O–H groups in total. The Labute approximate surface area is 138 Å². The van der Waals surface area contributed by atoms with Crippen LogP contribution in [0.25, 0.3) is 34.2 Å². The molecule has 0 amide bonds. The summed E-state index contributed by atoms with van der Waals surface area (Å²) in [5.41, 5.74) is 4.81.